The Hall–Kier alpha value is -1.87. The first kappa shape index (κ1) is 14.5. The zero-order valence-corrected chi connectivity index (χ0v) is 12.1. The van der Waals surface area contributed by atoms with Crippen LogP contribution in [0.1, 0.15) is 30.3 Å². The van der Waals surface area contributed by atoms with Crippen LogP contribution in [0.25, 0.3) is 0 Å². The van der Waals surface area contributed by atoms with Crippen LogP contribution in [-0.4, -0.2) is 57.5 Å². The average Bonchev–Trinajstić information content (AvgIpc) is 2.91. The van der Waals surface area contributed by atoms with Crippen molar-refractivity contribution in [1.29, 1.82) is 5.26 Å². The Morgan fingerprint density at radius 3 is 2.65 bits per heavy atom. The standard InChI is InChI=1S/C14H21N5O/c1-3-4-12(9-15)18-5-7-19(8-6-18)14(20)13-10-17(2)11-16-13/h10-12H,3-8H2,1-2H3. The molecular formula is C14H21N5O. The van der Waals surface area contributed by atoms with Gasteiger partial charge in [-0.25, -0.2) is 4.98 Å². The van der Waals surface area contributed by atoms with Gasteiger partial charge in [0.15, 0.2) is 0 Å². The van der Waals surface area contributed by atoms with Crippen LogP contribution in [-0.2, 0) is 7.05 Å². The molecule has 0 aromatic carbocycles. The molecule has 0 saturated carbocycles. The van der Waals surface area contributed by atoms with Crippen LogP contribution in [0.2, 0.25) is 0 Å². The number of rotatable bonds is 4. The fraction of sp³-hybridized carbons (Fsp3) is 0.643. The van der Waals surface area contributed by atoms with Gasteiger partial charge >= 0.3 is 0 Å². The van der Waals surface area contributed by atoms with E-state index in [4.69, 9.17) is 0 Å². The fourth-order valence-electron chi connectivity index (χ4n) is 2.52. The molecular weight excluding hydrogens is 254 g/mol. The molecule has 1 unspecified atom stereocenters. The second-order valence-electron chi connectivity index (χ2n) is 5.19. The van der Waals surface area contributed by atoms with E-state index in [0.717, 1.165) is 25.9 Å². The molecule has 6 nitrogen and oxygen atoms in total. The number of amides is 1. The van der Waals surface area contributed by atoms with E-state index in [1.54, 1.807) is 17.1 Å². The quantitative estimate of drug-likeness (QED) is 0.818. The molecule has 0 radical (unpaired) electrons. The van der Waals surface area contributed by atoms with Gasteiger partial charge in [0, 0.05) is 39.4 Å². The maximum absolute atomic E-state index is 12.3. The number of carbonyl (C=O) groups is 1. The molecule has 1 fully saturated rings. The first-order chi connectivity index (χ1) is 9.65. The van der Waals surface area contributed by atoms with E-state index in [1.165, 1.54) is 0 Å². The largest absolute Gasteiger partial charge is 0.340 e. The molecule has 2 heterocycles. The number of piperazine rings is 1. The van der Waals surface area contributed by atoms with Gasteiger partial charge in [-0.15, -0.1) is 0 Å². The minimum Gasteiger partial charge on any atom is -0.340 e. The average molecular weight is 275 g/mol. The Labute approximate surface area is 119 Å². The van der Waals surface area contributed by atoms with E-state index in [9.17, 15) is 10.1 Å². The molecule has 6 heteroatoms. The number of hydrogen-bond donors (Lipinski definition) is 0. The number of nitriles is 1. The molecule has 108 valence electrons. The molecule has 0 N–H and O–H groups in total. The SMILES string of the molecule is CCCC(C#N)N1CCN(C(=O)c2cn(C)cn2)CC1. The molecule has 2 rings (SSSR count). The number of hydrogen-bond acceptors (Lipinski definition) is 4. The van der Waals surface area contributed by atoms with Gasteiger partial charge in [-0.1, -0.05) is 13.3 Å². The predicted octanol–water partition coefficient (Wildman–Crippen LogP) is 0.870. The second kappa shape index (κ2) is 6.53. The van der Waals surface area contributed by atoms with E-state index >= 15 is 0 Å². The van der Waals surface area contributed by atoms with Crippen LogP contribution in [0.5, 0.6) is 0 Å². The number of aromatic nitrogens is 2. The number of aryl methyl sites for hydroxylation is 1. The van der Waals surface area contributed by atoms with Gasteiger partial charge in [0.25, 0.3) is 5.91 Å². The molecule has 0 spiro atoms. The molecule has 1 aromatic heterocycles. The van der Waals surface area contributed by atoms with Crippen molar-refractivity contribution in [3.05, 3.63) is 18.2 Å². The third-order valence-corrected chi connectivity index (χ3v) is 3.68. The van der Waals surface area contributed by atoms with Crippen molar-refractivity contribution < 1.29 is 4.79 Å². The highest BCUT2D eigenvalue weighted by Crippen LogP contribution is 2.12. The fourth-order valence-corrected chi connectivity index (χ4v) is 2.52. The highest BCUT2D eigenvalue weighted by atomic mass is 16.2. The summed E-state index contributed by atoms with van der Waals surface area (Å²) < 4.78 is 1.77. The number of nitrogens with zero attached hydrogens (tertiary/aromatic N) is 5. The zero-order valence-electron chi connectivity index (χ0n) is 12.1. The maximum atomic E-state index is 12.3. The van der Waals surface area contributed by atoms with Gasteiger partial charge < -0.3 is 9.47 Å². The topological polar surface area (TPSA) is 65.2 Å². The third kappa shape index (κ3) is 3.17. The van der Waals surface area contributed by atoms with Crippen molar-refractivity contribution in [2.75, 3.05) is 26.2 Å². The van der Waals surface area contributed by atoms with Gasteiger partial charge in [0.05, 0.1) is 18.4 Å². The summed E-state index contributed by atoms with van der Waals surface area (Å²) in [4.78, 5) is 20.3. The highest BCUT2D eigenvalue weighted by Gasteiger charge is 2.26. The minimum absolute atomic E-state index is 0.0192. The summed E-state index contributed by atoms with van der Waals surface area (Å²) in [5, 5.41) is 9.18. The van der Waals surface area contributed by atoms with E-state index < -0.39 is 0 Å². The lowest BCUT2D eigenvalue weighted by Crippen LogP contribution is -2.51. The zero-order chi connectivity index (χ0) is 14.5. The van der Waals surface area contributed by atoms with Gasteiger partial charge in [0.1, 0.15) is 5.69 Å². The monoisotopic (exact) mass is 275 g/mol. The van der Waals surface area contributed by atoms with E-state index in [-0.39, 0.29) is 11.9 Å². The molecule has 1 atom stereocenters. The molecule has 1 aromatic rings. The number of carbonyl (C=O) groups excluding carboxylic acids is 1. The second-order valence-corrected chi connectivity index (χ2v) is 5.19. The first-order valence-electron chi connectivity index (χ1n) is 7.06. The van der Waals surface area contributed by atoms with Crippen LogP contribution in [0, 0.1) is 11.3 Å². The molecule has 20 heavy (non-hydrogen) atoms. The molecule has 1 aliphatic heterocycles. The van der Waals surface area contributed by atoms with E-state index in [2.05, 4.69) is 22.9 Å². The first-order valence-corrected chi connectivity index (χ1v) is 7.06. The normalized spacial score (nSPS) is 17.8. The van der Waals surface area contributed by atoms with Gasteiger partial charge in [0.2, 0.25) is 0 Å². The Morgan fingerprint density at radius 2 is 2.15 bits per heavy atom. The summed E-state index contributed by atoms with van der Waals surface area (Å²) in [5.74, 6) is -0.0192. The molecule has 0 bridgehead atoms. The summed E-state index contributed by atoms with van der Waals surface area (Å²) in [6.07, 6.45) is 5.27. The molecule has 0 aliphatic carbocycles. The number of imidazole rings is 1. The Balaban J connectivity index is 1.91. The molecule has 1 saturated heterocycles. The highest BCUT2D eigenvalue weighted by molar-refractivity contribution is 5.92. The van der Waals surface area contributed by atoms with Crippen molar-refractivity contribution in [1.82, 2.24) is 19.4 Å². The van der Waals surface area contributed by atoms with Gasteiger partial charge in [-0.2, -0.15) is 5.26 Å². The molecule has 1 amide bonds. The van der Waals surface area contributed by atoms with Crippen LogP contribution in [0.3, 0.4) is 0 Å². The lowest BCUT2D eigenvalue weighted by Gasteiger charge is -2.36. The van der Waals surface area contributed by atoms with Gasteiger partial charge in [-0.3, -0.25) is 9.69 Å². The van der Waals surface area contributed by atoms with Crippen LogP contribution in [0.4, 0.5) is 0 Å². The summed E-state index contributed by atoms with van der Waals surface area (Å²) in [7, 11) is 1.85. The Morgan fingerprint density at radius 1 is 1.45 bits per heavy atom. The predicted molar refractivity (Wildman–Crippen MR) is 75.0 cm³/mol. The Kier molecular flexibility index (Phi) is 4.74. The van der Waals surface area contributed by atoms with Crippen LogP contribution < -0.4 is 0 Å². The summed E-state index contributed by atoms with van der Waals surface area (Å²) in [5.41, 5.74) is 0.492. The summed E-state index contributed by atoms with van der Waals surface area (Å²) >= 11 is 0. The van der Waals surface area contributed by atoms with E-state index in [1.807, 2.05) is 11.9 Å². The van der Waals surface area contributed by atoms with E-state index in [0.29, 0.717) is 18.8 Å². The van der Waals surface area contributed by atoms with Crippen molar-refractivity contribution in [3.8, 4) is 6.07 Å². The maximum Gasteiger partial charge on any atom is 0.274 e. The van der Waals surface area contributed by atoms with Gasteiger partial charge in [-0.05, 0) is 6.42 Å². The van der Waals surface area contributed by atoms with Crippen LogP contribution >= 0.6 is 0 Å². The van der Waals surface area contributed by atoms with Crippen molar-refractivity contribution >= 4 is 5.91 Å². The third-order valence-electron chi connectivity index (χ3n) is 3.68. The lowest BCUT2D eigenvalue weighted by atomic mass is 10.1. The lowest BCUT2D eigenvalue weighted by molar-refractivity contribution is 0.0596. The van der Waals surface area contributed by atoms with Crippen LogP contribution in [0.15, 0.2) is 12.5 Å². The van der Waals surface area contributed by atoms with Crippen molar-refractivity contribution in [3.63, 3.8) is 0 Å². The summed E-state index contributed by atoms with van der Waals surface area (Å²) in [6, 6.07) is 2.34. The smallest absolute Gasteiger partial charge is 0.274 e. The molecule has 1 aliphatic rings. The van der Waals surface area contributed by atoms with Crippen molar-refractivity contribution in [2.45, 2.75) is 25.8 Å². The minimum atomic E-state index is -0.0212. The summed E-state index contributed by atoms with van der Waals surface area (Å²) in [6.45, 7) is 4.94. The Bertz CT molecular complexity index is 496. The van der Waals surface area contributed by atoms with Crippen molar-refractivity contribution in [2.24, 2.45) is 7.05 Å².